The zero-order valence-electron chi connectivity index (χ0n) is 40.0. The SMILES string of the molecule is CC/C=C\C/C=C\C/C=C\C/C=C\CCCCC(=O)OCC(COCCCCCCCC/C=C\CCCCCC)OC(=O)CCCCCCCCCCCCCCCCC. The van der Waals surface area contributed by atoms with Gasteiger partial charge in [0.1, 0.15) is 6.61 Å². The molecule has 60 heavy (non-hydrogen) atoms. The quantitative estimate of drug-likeness (QED) is 0.0347. The highest BCUT2D eigenvalue weighted by Crippen LogP contribution is 2.15. The zero-order valence-corrected chi connectivity index (χ0v) is 40.0. The summed E-state index contributed by atoms with van der Waals surface area (Å²) in [5.74, 6) is -0.440. The molecule has 0 aliphatic rings. The van der Waals surface area contributed by atoms with Crippen molar-refractivity contribution in [2.45, 2.75) is 258 Å². The monoisotopic (exact) mass is 839 g/mol. The fraction of sp³-hybridized carbons (Fsp3) is 0.782. The van der Waals surface area contributed by atoms with Crippen molar-refractivity contribution in [1.82, 2.24) is 0 Å². The number of rotatable bonds is 47. The second-order valence-corrected chi connectivity index (χ2v) is 17.0. The van der Waals surface area contributed by atoms with Gasteiger partial charge in [0.2, 0.25) is 0 Å². The summed E-state index contributed by atoms with van der Waals surface area (Å²) in [7, 11) is 0. The molecule has 0 saturated heterocycles. The van der Waals surface area contributed by atoms with Crippen molar-refractivity contribution < 1.29 is 23.8 Å². The van der Waals surface area contributed by atoms with E-state index in [4.69, 9.17) is 14.2 Å². The van der Waals surface area contributed by atoms with Gasteiger partial charge in [-0.1, -0.05) is 216 Å². The molecule has 0 N–H and O–H groups in total. The van der Waals surface area contributed by atoms with Crippen LogP contribution in [0.15, 0.2) is 60.8 Å². The van der Waals surface area contributed by atoms with Crippen molar-refractivity contribution in [3.8, 4) is 0 Å². The van der Waals surface area contributed by atoms with Gasteiger partial charge in [0.05, 0.1) is 6.61 Å². The Hall–Kier alpha value is -2.40. The molecule has 0 aromatic rings. The smallest absolute Gasteiger partial charge is 0.306 e. The predicted molar refractivity (Wildman–Crippen MR) is 261 cm³/mol. The van der Waals surface area contributed by atoms with Crippen LogP contribution in [0.4, 0.5) is 0 Å². The molecule has 5 heteroatoms. The first kappa shape index (κ1) is 57.6. The third-order valence-corrected chi connectivity index (χ3v) is 11.0. The van der Waals surface area contributed by atoms with Crippen molar-refractivity contribution in [2.24, 2.45) is 0 Å². The van der Waals surface area contributed by atoms with Crippen molar-refractivity contribution in [1.29, 1.82) is 0 Å². The van der Waals surface area contributed by atoms with Gasteiger partial charge in [0.25, 0.3) is 0 Å². The predicted octanol–water partition coefficient (Wildman–Crippen LogP) is 17.3. The number of hydrogen-bond donors (Lipinski definition) is 0. The van der Waals surface area contributed by atoms with E-state index in [-0.39, 0.29) is 25.2 Å². The molecule has 0 amide bonds. The minimum atomic E-state index is -0.554. The molecule has 348 valence electrons. The lowest BCUT2D eigenvalue weighted by atomic mass is 10.0. The Morgan fingerprint density at radius 2 is 0.750 bits per heavy atom. The van der Waals surface area contributed by atoms with Gasteiger partial charge in [-0.15, -0.1) is 0 Å². The van der Waals surface area contributed by atoms with Crippen LogP contribution in [0, 0.1) is 0 Å². The van der Waals surface area contributed by atoms with Gasteiger partial charge in [0.15, 0.2) is 6.10 Å². The van der Waals surface area contributed by atoms with Crippen LogP contribution >= 0.6 is 0 Å². The first-order valence-electron chi connectivity index (χ1n) is 25.8. The molecule has 0 saturated carbocycles. The van der Waals surface area contributed by atoms with Crippen LogP contribution < -0.4 is 0 Å². The normalized spacial score (nSPS) is 12.7. The van der Waals surface area contributed by atoms with Crippen molar-refractivity contribution in [3.63, 3.8) is 0 Å². The molecule has 0 bridgehead atoms. The average molecular weight is 839 g/mol. The summed E-state index contributed by atoms with van der Waals surface area (Å²) >= 11 is 0. The van der Waals surface area contributed by atoms with Crippen LogP contribution in [0.2, 0.25) is 0 Å². The molecule has 1 unspecified atom stereocenters. The molecule has 1 atom stereocenters. The molecule has 0 aliphatic carbocycles. The summed E-state index contributed by atoms with van der Waals surface area (Å²) in [6.07, 6.45) is 63.7. The molecular formula is C55H98O5. The summed E-state index contributed by atoms with van der Waals surface area (Å²) < 4.78 is 17.4. The van der Waals surface area contributed by atoms with Gasteiger partial charge in [-0.3, -0.25) is 9.59 Å². The number of hydrogen-bond acceptors (Lipinski definition) is 5. The van der Waals surface area contributed by atoms with E-state index in [1.807, 2.05) is 0 Å². The topological polar surface area (TPSA) is 61.8 Å². The third kappa shape index (κ3) is 48.3. The van der Waals surface area contributed by atoms with E-state index in [0.717, 1.165) is 70.6 Å². The first-order chi connectivity index (χ1) is 29.6. The lowest BCUT2D eigenvalue weighted by molar-refractivity contribution is -0.163. The Morgan fingerprint density at radius 1 is 0.383 bits per heavy atom. The Balaban J connectivity index is 4.32. The standard InChI is InChI=1S/C55H98O5/c1-4-7-10-13-16-19-22-25-28-30-33-36-39-42-45-48-54(56)59-52-53(51-58-50-47-44-41-38-35-32-27-24-21-18-15-12-9-6-3)60-55(57)49-46-43-40-37-34-31-29-26-23-20-17-14-11-8-5-2/h7,10,16,19,21,24-25,28,33,36,53H,4-6,8-9,11-15,17-18,20,22-23,26-27,29-32,34-35,37-52H2,1-3H3/b10-7-,19-16-,24-21-,28-25-,36-33-. The van der Waals surface area contributed by atoms with Gasteiger partial charge in [-0.2, -0.15) is 0 Å². The van der Waals surface area contributed by atoms with E-state index in [9.17, 15) is 9.59 Å². The van der Waals surface area contributed by atoms with Crippen LogP contribution in [0.3, 0.4) is 0 Å². The van der Waals surface area contributed by atoms with E-state index in [2.05, 4.69) is 81.5 Å². The molecule has 0 heterocycles. The molecule has 0 aromatic heterocycles. The first-order valence-corrected chi connectivity index (χ1v) is 25.8. The highest BCUT2D eigenvalue weighted by molar-refractivity contribution is 5.70. The summed E-state index contributed by atoms with van der Waals surface area (Å²) in [5.41, 5.74) is 0. The molecule has 0 radical (unpaired) electrons. The Kier molecular flexibility index (Phi) is 48.9. The molecule has 0 aromatic carbocycles. The Labute approximate surface area is 373 Å². The van der Waals surface area contributed by atoms with Crippen molar-refractivity contribution in [2.75, 3.05) is 19.8 Å². The number of ether oxygens (including phenoxy) is 3. The molecule has 0 spiro atoms. The fourth-order valence-corrected chi connectivity index (χ4v) is 7.20. The van der Waals surface area contributed by atoms with Crippen molar-refractivity contribution >= 4 is 11.9 Å². The van der Waals surface area contributed by atoms with Crippen LogP contribution in [0.5, 0.6) is 0 Å². The fourth-order valence-electron chi connectivity index (χ4n) is 7.20. The number of allylic oxidation sites excluding steroid dienone is 10. The second kappa shape index (κ2) is 51.0. The maximum absolute atomic E-state index is 12.8. The van der Waals surface area contributed by atoms with E-state index in [0.29, 0.717) is 19.4 Å². The van der Waals surface area contributed by atoms with E-state index >= 15 is 0 Å². The van der Waals surface area contributed by atoms with Gasteiger partial charge in [0, 0.05) is 19.4 Å². The molecular weight excluding hydrogens is 741 g/mol. The van der Waals surface area contributed by atoms with Gasteiger partial charge < -0.3 is 14.2 Å². The van der Waals surface area contributed by atoms with Crippen molar-refractivity contribution in [3.05, 3.63) is 60.8 Å². The van der Waals surface area contributed by atoms with Crippen LogP contribution in [0.25, 0.3) is 0 Å². The highest BCUT2D eigenvalue weighted by atomic mass is 16.6. The largest absolute Gasteiger partial charge is 0.462 e. The number of carbonyl (C=O) groups excluding carboxylic acids is 2. The molecule has 0 rings (SSSR count). The van der Waals surface area contributed by atoms with E-state index in [1.54, 1.807) is 0 Å². The minimum absolute atomic E-state index is 0.0630. The Bertz CT molecular complexity index is 1040. The maximum atomic E-state index is 12.8. The number of unbranched alkanes of at least 4 members (excludes halogenated alkanes) is 26. The van der Waals surface area contributed by atoms with Gasteiger partial charge in [-0.25, -0.2) is 0 Å². The second-order valence-electron chi connectivity index (χ2n) is 17.0. The Morgan fingerprint density at radius 3 is 1.27 bits per heavy atom. The molecule has 0 fully saturated rings. The lowest BCUT2D eigenvalue weighted by Gasteiger charge is -2.18. The summed E-state index contributed by atoms with van der Waals surface area (Å²) in [4.78, 5) is 25.4. The van der Waals surface area contributed by atoms with Crippen LogP contribution in [-0.2, 0) is 23.8 Å². The number of esters is 2. The number of carbonyl (C=O) groups is 2. The van der Waals surface area contributed by atoms with Crippen LogP contribution in [-0.4, -0.2) is 37.9 Å². The minimum Gasteiger partial charge on any atom is -0.462 e. The molecule has 5 nitrogen and oxygen atoms in total. The summed E-state index contributed by atoms with van der Waals surface area (Å²) in [6, 6.07) is 0. The van der Waals surface area contributed by atoms with E-state index in [1.165, 1.54) is 148 Å². The van der Waals surface area contributed by atoms with Gasteiger partial charge >= 0.3 is 11.9 Å². The maximum Gasteiger partial charge on any atom is 0.306 e. The lowest BCUT2D eigenvalue weighted by Crippen LogP contribution is -2.30. The van der Waals surface area contributed by atoms with E-state index < -0.39 is 6.10 Å². The van der Waals surface area contributed by atoms with Gasteiger partial charge in [-0.05, 0) is 83.5 Å². The highest BCUT2D eigenvalue weighted by Gasteiger charge is 2.17. The average Bonchev–Trinajstić information content (AvgIpc) is 3.25. The molecule has 0 aliphatic heterocycles. The third-order valence-electron chi connectivity index (χ3n) is 11.0. The summed E-state index contributed by atoms with van der Waals surface area (Å²) in [6.45, 7) is 7.67. The summed E-state index contributed by atoms with van der Waals surface area (Å²) in [5, 5.41) is 0. The van der Waals surface area contributed by atoms with Crippen LogP contribution in [0.1, 0.15) is 252 Å². The zero-order chi connectivity index (χ0) is 43.5.